The Kier molecular flexibility index (Phi) is 7.41. The number of carboxylic acid groups (broad SMARTS) is 1. The summed E-state index contributed by atoms with van der Waals surface area (Å²) >= 11 is 1.48. The molecule has 0 aromatic heterocycles. The average Bonchev–Trinajstić information content (AvgIpc) is 3.30. The van der Waals surface area contributed by atoms with E-state index in [9.17, 15) is 24.6 Å². The first-order chi connectivity index (χ1) is 16.9. The van der Waals surface area contributed by atoms with Gasteiger partial charge in [0.1, 0.15) is 5.70 Å². The van der Waals surface area contributed by atoms with Crippen molar-refractivity contribution >= 4 is 35.2 Å². The maximum Gasteiger partial charge on any atom is 0.353 e. The van der Waals surface area contributed by atoms with Gasteiger partial charge in [-0.25, -0.2) is 4.79 Å². The molecule has 4 rings (SSSR count). The van der Waals surface area contributed by atoms with Gasteiger partial charge in [0.05, 0.1) is 24.1 Å². The molecule has 3 heterocycles. The number of hydrogen-bond donors (Lipinski definition) is 2. The molecule has 6 atom stereocenters. The van der Waals surface area contributed by atoms with E-state index in [0.717, 1.165) is 11.3 Å². The Morgan fingerprint density at radius 2 is 1.86 bits per heavy atom. The lowest BCUT2D eigenvalue weighted by Crippen LogP contribution is -2.63. The van der Waals surface area contributed by atoms with Crippen molar-refractivity contribution in [3.05, 3.63) is 40.4 Å². The molecule has 0 bridgehead atoms. The van der Waals surface area contributed by atoms with Crippen LogP contribution in [0.15, 0.2) is 34.9 Å². The van der Waals surface area contributed by atoms with E-state index in [-0.39, 0.29) is 40.8 Å². The molecule has 3 aliphatic heterocycles. The quantitative estimate of drug-likeness (QED) is 0.503. The van der Waals surface area contributed by atoms with Gasteiger partial charge in [-0.05, 0) is 25.0 Å². The Hall–Kier alpha value is -2.56. The van der Waals surface area contributed by atoms with Crippen molar-refractivity contribution in [3.8, 4) is 0 Å². The van der Waals surface area contributed by atoms with Gasteiger partial charge < -0.3 is 24.9 Å². The Morgan fingerprint density at radius 3 is 2.44 bits per heavy atom. The summed E-state index contributed by atoms with van der Waals surface area (Å²) in [5.74, 6) is -2.20. The van der Waals surface area contributed by atoms with Crippen LogP contribution in [0.5, 0.6) is 0 Å². The number of aliphatic carboxylic acids is 1. The summed E-state index contributed by atoms with van der Waals surface area (Å²) < 4.78 is 0. The number of β-lactam (4-membered cyclic amide) rings is 1. The van der Waals surface area contributed by atoms with Gasteiger partial charge >= 0.3 is 5.97 Å². The normalized spacial score (nSPS) is 28.7. The van der Waals surface area contributed by atoms with Crippen molar-refractivity contribution in [1.82, 2.24) is 14.7 Å². The van der Waals surface area contributed by atoms with Crippen molar-refractivity contribution in [3.63, 3.8) is 0 Å². The Bertz CT molecular complexity index is 1090. The van der Waals surface area contributed by atoms with Crippen LogP contribution in [0.2, 0.25) is 0 Å². The van der Waals surface area contributed by atoms with E-state index < -0.39 is 18.0 Å². The number of fused-ring (bicyclic) bond motifs is 1. The molecule has 196 valence electrons. The second-order valence-corrected chi connectivity index (χ2v) is 11.8. The van der Waals surface area contributed by atoms with E-state index in [2.05, 4.69) is 21.9 Å². The highest BCUT2D eigenvalue weighted by atomic mass is 32.2. The van der Waals surface area contributed by atoms with Crippen molar-refractivity contribution in [2.75, 3.05) is 39.6 Å². The summed E-state index contributed by atoms with van der Waals surface area (Å²) in [5, 5.41) is 20.1. The Balaban J connectivity index is 1.60. The first-order valence-electron chi connectivity index (χ1n) is 12.3. The largest absolute Gasteiger partial charge is 0.477 e. The number of anilines is 1. The number of likely N-dealkylation sites (N-methyl/N-ethyl adjacent to an activating group) is 1. The number of hydrogen-bond acceptors (Lipinski definition) is 7. The molecule has 9 nitrogen and oxygen atoms in total. The molecule has 2 N–H and O–H groups in total. The predicted octanol–water partition coefficient (Wildman–Crippen LogP) is 1.67. The highest BCUT2D eigenvalue weighted by molar-refractivity contribution is 8.03. The van der Waals surface area contributed by atoms with Gasteiger partial charge in [0.25, 0.3) is 0 Å². The van der Waals surface area contributed by atoms with E-state index in [1.807, 2.05) is 33.2 Å². The molecule has 3 aliphatic rings. The second-order valence-electron chi connectivity index (χ2n) is 10.4. The van der Waals surface area contributed by atoms with Gasteiger partial charge in [0.2, 0.25) is 11.8 Å². The highest BCUT2D eigenvalue weighted by Gasteiger charge is 2.60. The molecular formula is C26H36N4O5S. The molecule has 1 aromatic carbocycles. The van der Waals surface area contributed by atoms with Crippen LogP contribution < -0.4 is 4.90 Å². The first kappa shape index (κ1) is 26.5. The smallest absolute Gasteiger partial charge is 0.353 e. The lowest BCUT2D eigenvalue weighted by atomic mass is 9.79. The molecule has 0 radical (unpaired) electrons. The molecule has 36 heavy (non-hydrogen) atoms. The fourth-order valence-electron chi connectivity index (χ4n) is 5.83. The number of carboxylic acids is 1. The molecule has 0 saturated carbocycles. The minimum atomic E-state index is -1.13. The number of rotatable bonds is 8. The number of aliphatic hydroxyl groups is 1. The fraction of sp³-hybridized carbons (Fsp3) is 0.577. The summed E-state index contributed by atoms with van der Waals surface area (Å²) in [7, 11) is 7.50. The van der Waals surface area contributed by atoms with Crippen molar-refractivity contribution in [2.45, 2.75) is 50.3 Å². The summed E-state index contributed by atoms with van der Waals surface area (Å²) in [6.07, 6.45) is -0.241. The van der Waals surface area contributed by atoms with Crippen LogP contribution in [0.25, 0.3) is 0 Å². The maximum atomic E-state index is 13.1. The standard InChI is InChI=1S/C26H36N4O5S/c1-14-21-20(15(2)31)25(33)30(21)22(26(34)35)23(14)36-17-11-19(24(32)28(5)6)29(13-17)12-16-9-7-8-10-18(16)27(3)4/h7-10,14-15,17,19-21,31H,11-13H2,1-6H3,(H,34,35)/t14-,15-,17+,19+,20-,21-/m1/s1. The molecular weight excluding hydrogens is 480 g/mol. The number of thioether (sulfide) groups is 1. The Labute approximate surface area is 216 Å². The van der Waals surface area contributed by atoms with Crippen LogP contribution in [-0.2, 0) is 20.9 Å². The van der Waals surface area contributed by atoms with Crippen molar-refractivity contribution in [2.24, 2.45) is 11.8 Å². The fourth-order valence-corrected chi connectivity index (χ4v) is 7.39. The highest BCUT2D eigenvalue weighted by Crippen LogP contribution is 2.52. The molecule has 0 aliphatic carbocycles. The lowest BCUT2D eigenvalue weighted by molar-refractivity contribution is -0.163. The topological polar surface area (TPSA) is 105 Å². The number of benzene rings is 1. The second kappa shape index (κ2) is 10.1. The summed E-state index contributed by atoms with van der Waals surface area (Å²) in [4.78, 5) is 45.9. The number of carbonyl (C=O) groups excluding carboxylic acids is 2. The van der Waals surface area contributed by atoms with E-state index in [0.29, 0.717) is 24.4 Å². The van der Waals surface area contributed by atoms with Gasteiger partial charge in [-0.15, -0.1) is 11.8 Å². The number of carbonyl (C=O) groups is 3. The van der Waals surface area contributed by atoms with E-state index in [1.165, 1.54) is 16.7 Å². The number of amides is 2. The minimum absolute atomic E-state index is 0.00368. The molecule has 10 heteroatoms. The Morgan fingerprint density at radius 1 is 1.19 bits per heavy atom. The zero-order chi connectivity index (χ0) is 26.5. The van der Waals surface area contributed by atoms with E-state index >= 15 is 0 Å². The van der Waals surface area contributed by atoms with Gasteiger partial charge in [0, 0.05) is 63.0 Å². The predicted molar refractivity (Wildman–Crippen MR) is 139 cm³/mol. The van der Waals surface area contributed by atoms with Crippen LogP contribution in [0.3, 0.4) is 0 Å². The SMILES string of the molecule is C[C@@H](O)[C@H]1C(=O)N2C(C(=O)O)=C(S[C@H]3C[C@@H](C(=O)N(C)C)N(Cc4ccccc4N(C)C)C3)[C@H](C)[C@H]12. The van der Waals surface area contributed by atoms with Crippen molar-refractivity contribution < 1.29 is 24.6 Å². The molecule has 2 amide bonds. The number of para-hydroxylation sites is 1. The van der Waals surface area contributed by atoms with Crippen LogP contribution in [0.4, 0.5) is 5.69 Å². The third kappa shape index (κ3) is 4.50. The zero-order valence-corrected chi connectivity index (χ0v) is 22.5. The summed E-state index contributed by atoms with van der Waals surface area (Å²) in [5.41, 5.74) is 2.25. The third-order valence-corrected chi connectivity index (χ3v) is 9.04. The zero-order valence-electron chi connectivity index (χ0n) is 21.7. The number of likely N-dealkylation sites (tertiary alicyclic amines) is 1. The lowest BCUT2D eigenvalue weighted by Gasteiger charge is -2.46. The third-order valence-electron chi connectivity index (χ3n) is 7.54. The number of nitrogens with zero attached hydrogens (tertiary/aromatic N) is 4. The summed E-state index contributed by atoms with van der Waals surface area (Å²) in [6.45, 7) is 4.74. The average molecular weight is 517 g/mol. The molecule has 1 aromatic rings. The van der Waals surface area contributed by atoms with Gasteiger partial charge in [-0.3, -0.25) is 14.5 Å². The number of aliphatic hydroxyl groups excluding tert-OH is 1. The molecule has 0 spiro atoms. The van der Waals surface area contributed by atoms with E-state index in [4.69, 9.17) is 0 Å². The molecule has 2 fully saturated rings. The first-order valence-corrected chi connectivity index (χ1v) is 13.2. The van der Waals surface area contributed by atoms with E-state index in [1.54, 1.807) is 25.9 Å². The van der Waals surface area contributed by atoms with Crippen LogP contribution in [0, 0.1) is 11.8 Å². The minimum Gasteiger partial charge on any atom is -0.477 e. The van der Waals surface area contributed by atoms with Gasteiger partial charge in [0.15, 0.2) is 0 Å². The van der Waals surface area contributed by atoms with Crippen molar-refractivity contribution in [1.29, 1.82) is 0 Å². The molecule has 0 unspecified atom stereocenters. The van der Waals surface area contributed by atoms with Crippen LogP contribution in [0.1, 0.15) is 25.8 Å². The summed E-state index contributed by atoms with van der Waals surface area (Å²) in [6, 6.07) is 7.47. The molecule has 2 saturated heterocycles. The monoisotopic (exact) mass is 516 g/mol. The van der Waals surface area contributed by atoms with Gasteiger partial charge in [-0.1, -0.05) is 25.1 Å². The maximum absolute atomic E-state index is 13.1. The van der Waals surface area contributed by atoms with Crippen LogP contribution in [-0.4, -0.2) is 101 Å². The van der Waals surface area contributed by atoms with Gasteiger partial charge in [-0.2, -0.15) is 0 Å². The van der Waals surface area contributed by atoms with Crippen LogP contribution >= 0.6 is 11.8 Å².